The van der Waals surface area contributed by atoms with Gasteiger partial charge >= 0.3 is 0 Å². The van der Waals surface area contributed by atoms with Crippen LogP contribution in [0.15, 0.2) is 18.2 Å². The summed E-state index contributed by atoms with van der Waals surface area (Å²) in [5, 5.41) is 9.79. The predicted molar refractivity (Wildman–Crippen MR) is 76.8 cm³/mol. The number of benzene rings is 1. The standard InChI is InChI=1S/C16H24FNO/c1-11(2)13-7-9-18(10-8-13)15-6-4-5-14(17)16(15)12(3)19/h4-6,11-13,19H,7-10H2,1-3H3/t12-/m1/s1. The average Bonchev–Trinajstić information content (AvgIpc) is 2.38. The maximum atomic E-state index is 13.9. The number of halogens is 1. The van der Waals surface area contributed by atoms with Crippen LogP contribution in [0.5, 0.6) is 0 Å². The minimum Gasteiger partial charge on any atom is -0.389 e. The Bertz CT molecular complexity index is 423. The van der Waals surface area contributed by atoms with Gasteiger partial charge in [-0.15, -0.1) is 0 Å². The van der Waals surface area contributed by atoms with Crippen molar-refractivity contribution in [3.8, 4) is 0 Å². The third-order valence-electron chi connectivity index (χ3n) is 4.27. The van der Waals surface area contributed by atoms with Gasteiger partial charge < -0.3 is 10.0 Å². The van der Waals surface area contributed by atoms with E-state index in [0.29, 0.717) is 11.5 Å². The number of aliphatic hydroxyl groups is 1. The van der Waals surface area contributed by atoms with Gasteiger partial charge in [0.25, 0.3) is 0 Å². The fourth-order valence-electron chi connectivity index (χ4n) is 3.02. The minimum absolute atomic E-state index is 0.307. The first kappa shape index (κ1) is 14.3. The van der Waals surface area contributed by atoms with Gasteiger partial charge in [0, 0.05) is 24.3 Å². The van der Waals surface area contributed by atoms with Crippen molar-refractivity contribution in [2.75, 3.05) is 18.0 Å². The molecule has 2 nitrogen and oxygen atoms in total. The van der Waals surface area contributed by atoms with E-state index in [1.54, 1.807) is 13.0 Å². The normalized spacial score (nSPS) is 18.9. The monoisotopic (exact) mass is 265 g/mol. The molecule has 0 unspecified atom stereocenters. The number of aliphatic hydroxyl groups excluding tert-OH is 1. The molecule has 1 aliphatic rings. The largest absolute Gasteiger partial charge is 0.389 e. The zero-order chi connectivity index (χ0) is 14.0. The highest BCUT2D eigenvalue weighted by Gasteiger charge is 2.24. The Balaban J connectivity index is 2.18. The van der Waals surface area contributed by atoms with Crippen LogP contribution in [0.4, 0.5) is 10.1 Å². The number of anilines is 1. The van der Waals surface area contributed by atoms with E-state index in [-0.39, 0.29) is 5.82 Å². The van der Waals surface area contributed by atoms with E-state index in [9.17, 15) is 9.50 Å². The Morgan fingerprint density at radius 1 is 1.21 bits per heavy atom. The molecule has 1 aliphatic heterocycles. The van der Waals surface area contributed by atoms with Gasteiger partial charge in [-0.1, -0.05) is 19.9 Å². The van der Waals surface area contributed by atoms with E-state index in [1.807, 2.05) is 6.07 Å². The van der Waals surface area contributed by atoms with Gasteiger partial charge in [-0.2, -0.15) is 0 Å². The number of rotatable bonds is 3. The number of nitrogens with zero attached hydrogens (tertiary/aromatic N) is 1. The van der Waals surface area contributed by atoms with Crippen molar-refractivity contribution in [2.24, 2.45) is 11.8 Å². The van der Waals surface area contributed by atoms with Crippen LogP contribution >= 0.6 is 0 Å². The summed E-state index contributed by atoms with van der Waals surface area (Å²) < 4.78 is 13.9. The highest BCUT2D eigenvalue weighted by atomic mass is 19.1. The summed E-state index contributed by atoms with van der Waals surface area (Å²) in [6.07, 6.45) is 1.53. The number of hydrogen-bond acceptors (Lipinski definition) is 2. The van der Waals surface area contributed by atoms with Gasteiger partial charge in [0.2, 0.25) is 0 Å². The topological polar surface area (TPSA) is 23.5 Å². The van der Waals surface area contributed by atoms with Crippen LogP contribution in [0.25, 0.3) is 0 Å². The summed E-state index contributed by atoms with van der Waals surface area (Å²) in [4.78, 5) is 2.21. The Morgan fingerprint density at radius 3 is 2.37 bits per heavy atom. The fourth-order valence-corrected chi connectivity index (χ4v) is 3.02. The summed E-state index contributed by atoms with van der Waals surface area (Å²) in [6.45, 7) is 8.06. The quantitative estimate of drug-likeness (QED) is 0.899. The lowest BCUT2D eigenvalue weighted by molar-refractivity contribution is 0.194. The Kier molecular flexibility index (Phi) is 4.46. The van der Waals surface area contributed by atoms with E-state index >= 15 is 0 Å². The summed E-state index contributed by atoms with van der Waals surface area (Å²) in [5.41, 5.74) is 1.29. The second-order valence-electron chi connectivity index (χ2n) is 5.92. The molecule has 0 aromatic heterocycles. The molecular weight excluding hydrogens is 241 g/mol. The van der Waals surface area contributed by atoms with Crippen molar-refractivity contribution in [1.82, 2.24) is 0 Å². The molecule has 0 spiro atoms. The molecule has 0 radical (unpaired) electrons. The molecule has 1 aromatic rings. The second-order valence-corrected chi connectivity index (χ2v) is 5.92. The Morgan fingerprint density at radius 2 is 1.84 bits per heavy atom. The smallest absolute Gasteiger partial charge is 0.131 e. The van der Waals surface area contributed by atoms with E-state index in [2.05, 4.69) is 18.7 Å². The molecule has 0 aliphatic carbocycles. The Labute approximate surface area is 115 Å². The SMILES string of the molecule is CC(C)C1CCN(c2cccc(F)c2[C@@H](C)O)CC1. The molecule has 1 saturated heterocycles. The molecule has 2 rings (SSSR count). The molecule has 1 fully saturated rings. The van der Waals surface area contributed by atoms with Gasteiger partial charge in [0.05, 0.1) is 6.10 Å². The third kappa shape index (κ3) is 3.08. The second kappa shape index (κ2) is 5.91. The minimum atomic E-state index is -0.765. The van der Waals surface area contributed by atoms with Crippen LogP contribution in [-0.4, -0.2) is 18.2 Å². The lowest BCUT2D eigenvalue weighted by Crippen LogP contribution is -2.36. The molecule has 1 N–H and O–H groups in total. The molecule has 3 heteroatoms. The van der Waals surface area contributed by atoms with Crippen molar-refractivity contribution in [1.29, 1.82) is 0 Å². The van der Waals surface area contributed by atoms with Crippen LogP contribution in [0.1, 0.15) is 45.3 Å². The first-order valence-corrected chi connectivity index (χ1v) is 7.22. The fraction of sp³-hybridized carbons (Fsp3) is 0.625. The zero-order valence-corrected chi connectivity index (χ0v) is 12.1. The van der Waals surface area contributed by atoms with Crippen molar-refractivity contribution in [3.63, 3.8) is 0 Å². The van der Waals surface area contributed by atoms with Gasteiger partial charge in [-0.25, -0.2) is 4.39 Å². The van der Waals surface area contributed by atoms with Gasteiger partial charge in [-0.3, -0.25) is 0 Å². The number of piperidine rings is 1. The highest BCUT2D eigenvalue weighted by molar-refractivity contribution is 5.55. The average molecular weight is 265 g/mol. The van der Waals surface area contributed by atoms with Gasteiger partial charge in [0.1, 0.15) is 5.82 Å². The van der Waals surface area contributed by atoms with Gasteiger partial charge in [0.15, 0.2) is 0 Å². The maximum Gasteiger partial charge on any atom is 0.131 e. The zero-order valence-electron chi connectivity index (χ0n) is 12.1. The third-order valence-corrected chi connectivity index (χ3v) is 4.27. The van der Waals surface area contributed by atoms with Crippen LogP contribution < -0.4 is 4.90 Å². The summed E-state index contributed by atoms with van der Waals surface area (Å²) in [6, 6.07) is 5.07. The number of hydrogen-bond donors (Lipinski definition) is 1. The first-order valence-electron chi connectivity index (χ1n) is 7.22. The molecule has 0 saturated carbocycles. The van der Waals surface area contributed by atoms with E-state index in [0.717, 1.165) is 37.5 Å². The molecule has 19 heavy (non-hydrogen) atoms. The molecule has 1 atom stereocenters. The van der Waals surface area contributed by atoms with Gasteiger partial charge in [-0.05, 0) is 43.7 Å². The molecule has 0 bridgehead atoms. The van der Waals surface area contributed by atoms with E-state index < -0.39 is 6.10 Å². The maximum absolute atomic E-state index is 13.9. The molecular formula is C16H24FNO. The summed E-state index contributed by atoms with van der Waals surface area (Å²) >= 11 is 0. The predicted octanol–water partition coefficient (Wildman–Crippen LogP) is 3.75. The molecule has 106 valence electrons. The van der Waals surface area contributed by atoms with Crippen molar-refractivity contribution in [2.45, 2.75) is 39.7 Å². The highest BCUT2D eigenvalue weighted by Crippen LogP contribution is 2.33. The molecule has 0 amide bonds. The lowest BCUT2D eigenvalue weighted by atomic mass is 9.86. The first-order chi connectivity index (χ1) is 9.00. The van der Waals surface area contributed by atoms with Crippen molar-refractivity contribution in [3.05, 3.63) is 29.6 Å². The van der Waals surface area contributed by atoms with E-state index in [1.165, 1.54) is 6.07 Å². The van der Waals surface area contributed by atoms with Crippen LogP contribution in [0.3, 0.4) is 0 Å². The van der Waals surface area contributed by atoms with Crippen LogP contribution in [0.2, 0.25) is 0 Å². The van der Waals surface area contributed by atoms with Crippen molar-refractivity contribution < 1.29 is 9.50 Å². The Hall–Kier alpha value is -1.09. The van der Waals surface area contributed by atoms with E-state index in [4.69, 9.17) is 0 Å². The van der Waals surface area contributed by atoms with Crippen LogP contribution in [-0.2, 0) is 0 Å². The summed E-state index contributed by atoms with van der Waals surface area (Å²) in [7, 11) is 0. The lowest BCUT2D eigenvalue weighted by Gasteiger charge is -2.36. The molecule has 1 heterocycles. The van der Waals surface area contributed by atoms with Crippen LogP contribution in [0, 0.1) is 17.7 Å². The molecule has 1 aromatic carbocycles. The summed E-state index contributed by atoms with van der Waals surface area (Å²) in [5.74, 6) is 1.17. The van der Waals surface area contributed by atoms with Crippen molar-refractivity contribution >= 4 is 5.69 Å².